The number of benzene rings is 4. The minimum Gasteiger partial charge on any atom is -0.496 e. The molecule has 0 spiro atoms. The van der Waals surface area contributed by atoms with Gasteiger partial charge in [-0.05, 0) is 92.8 Å². The van der Waals surface area contributed by atoms with Gasteiger partial charge in [0.1, 0.15) is 11.5 Å². The average molecular weight is 656 g/mol. The van der Waals surface area contributed by atoms with Crippen LogP contribution in [0.3, 0.4) is 0 Å². The number of likely N-dealkylation sites (tertiary alicyclic amines) is 2. The number of fused-ring (bicyclic) bond motifs is 1. The summed E-state index contributed by atoms with van der Waals surface area (Å²) in [7, 11) is 3.47. The lowest BCUT2D eigenvalue weighted by molar-refractivity contribution is 0.321. The molecule has 5 aromatic rings. The molecule has 0 aliphatic carbocycles. The predicted molar refractivity (Wildman–Crippen MR) is 188 cm³/mol. The number of rotatable bonds is 10. The number of aromatic nitrogens is 2. The summed E-state index contributed by atoms with van der Waals surface area (Å²) in [4.78, 5) is 4.94. The Kier molecular flexibility index (Phi) is 9.23. The van der Waals surface area contributed by atoms with Gasteiger partial charge in [0, 0.05) is 45.8 Å². The Morgan fingerprint density at radius 3 is 2.00 bits per heavy atom. The van der Waals surface area contributed by atoms with Crippen molar-refractivity contribution in [2.24, 2.45) is 0 Å². The van der Waals surface area contributed by atoms with Gasteiger partial charge in [-0.25, -0.2) is 0 Å². The highest BCUT2D eigenvalue weighted by molar-refractivity contribution is 6.36. The molecule has 0 saturated carbocycles. The van der Waals surface area contributed by atoms with Gasteiger partial charge >= 0.3 is 0 Å². The van der Waals surface area contributed by atoms with Crippen molar-refractivity contribution < 1.29 is 9.47 Å². The number of nitrogens with zero attached hydrogens (tertiary/aromatic N) is 4. The van der Waals surface area contributed by atoms with Crippen LogP contribution in [0.2, 0.25) is 10.0 Å². The zero-order valence-corrected chi connectivity index (χ0v) is 28.1. The Hall–Kier alpha value is -3.55. The minimum absolute atomic E-state index is 0.531. The van der Waals surface area contributed by atoms with E-state index in [4.69, 9.17) is 37.8 Å². The van der Waals surface area contributed by atoms with Gasteiger partial charge in [0.25, 0.3) is 0 Å². The summed E-state index contributed by atoms with van der Waals surface area (Å²) in [6.07, 6.45) is 6.96. The molecule has 0 unspecified atom stereocenters. The van der Waals surface area contributed by atoms with E-state index in [9.17, 15) is 0 Å². The first-order chi connectivity index (χ1) is 22.5. The highest BCUT2D eigenvalue weighted by atomic mass is 35.5. The molecule has 2 fully saturated rings. The van der Waals surface area contributed by atoms with Crippen LogP contribution in [0.5, 0.6) is 11.5 Å². The van der Waals surface area contributed by atoms with Crippen molar-refractivity contribution in [3.63, 3.8) is 0 Å². The van der Waals surface area contributed by atoms with E-state index in [0.29, 0.717) is 11.6 Å². The number of halogens is 2. The van der Waals surface area contributed by atoms with Crippen LogP contribution in [-0.2, 0) is 19.6 Å². The molecule has 7 rings (SSSR count). The summed E-state index contributed by atoms with van der Waals surface area (Å²) >= 11 is 14.1. The normalized spacial score (nSPS) is 15.7. The van der Waals surface area contributed by atoms with Crippen molar-refractivity contribution in [2.45, 2.75) is 45.3 Å². The van der Waals surface area contributed by atoms with Crippen molar-refractivity contribution in [1.82, 2.24) is 19.6 Å². The summed E-state index contributed by atoms with van der Waals surface area (Å²) in [5, 5.41) is 7.28. The van der Waals surface area contributed by atoms with E-state index in [-0.39, 0.29) is 0 Å². The third-order valence-corrected chi connectivity index (χ3v) is 10.3. The predicted octanol–water partition coefficient (Wildman–Crippen LogP) is 8.93. The smallest absolute Gasteiger partial charge is 0.123 e. The van der Waals surface area contributed by atoms with Crippen LogP contribution in [-0.4, -0.2) is 60.0 Å². The van der Waals surface area contributed by atoms with Crippen molar-refractivity contribution in [1.29, 1.82) is 0 Å². The van der Waals surface area contributed by atoms with Crippen molar-refractivity contribution in [3.05, 3.63) is 99.7 Å². The Labute approximate surface area is 281 Å². The molecule has 2 saturated heterocycles. The van der Waals surface area contributed by atoms with Crippen molar-refractivity contribution in [3.8, 4) is 33.8 Å². The highest BCUT2D eigenvalue weighted by Crippen LogP contribution is 2.41. The standard InChI is InChI=1S/C38H40Cl2N4O2/c1-45-36-20-26(13-14-27(36)23-42-15-3-4-16-42)30-9-7-11-32(38(30)40)31-10-8-12-35-33(31)22-41-44(35)25-28-21-37(46-2)29(19-34(28)39)24-43-17-5-6-18-43/h7-14,19-22H,3-6,15-18,23-25H2,1-2H3. The molecule has 0 amide bonds. The lowest BCUT2D eigenvalue weighted by Crippen LogP contribution is -2.19. The molecule has 238 valence electrons. The highest BCUT2D eigenvalue weighted by Gasteiger charge is 2.20. The van der Waals surface area contributed by atoms with Crippen molar-refractivity contribution >= 4 is 34.1 Å². The van der Waals surface area contributed by atoms with E-state index in [2.05, 4.69) is 76.5 Å². The quantitative estimate of drug-likeness (QED) is 0.150. The molecule has 8 heteroatoms. The summed E-state index contributed by atoms with van der Waals surface area (Å²) in [6.45, 7) is 6.83. The Bertz CT molecular complexity index is 1860. The van der Waals surface area contributed by atoms with Crippen LogP contribution in [0.25, 0.3) is 33.2 Å². The molecule has 6 nitrogen and oxygen atoms in total. The van der Waals surface area contributed by atoms with Gasteiger partial charge in [-0.15, -0.1) is 0 Å². The van der Waals surface area contributed by atoms with Gasteiger partial charge in [-0.2, -0.15) is 5.10 Å². The minimum atomic E-state index is 0.531. The van der Waals surface area contributed by atoms with Crippen LogP contribution in [0.1, 0.15) is 42.4 Å². The third-order valence-electron chi connectivity index (χ3n) is 9.53. The largest absolute Gasteiger partial charge is 0.496 e. The van der Waals surface area contributed by atoms with Crippen LogP contribution >= 0.6 is 23.2 Å². The summed E-state index contributed by atoms with van der Waals surface area (Å²) in [6, 6.07) is 23.1. The van der Waals surface area contributed by atoms with Crippen molar-refractivity contribution in [2.75, 3.05) is 40.4 Å². The first-order valence-electron chi connectivity index (χ1n) is 16.2. The van der Waals surface area contributed by atoms with Gasteiger partial charge in [-0.1, -0.05) is 65.7 Å². The Morgan fingerprint density at radius 2 is 1.28 bits per heavy atom. The van der Waals surface area contributed by atoms with E-state index >= 15 is 0 Å². The fourth-order valence-electron chi connectivity index (χ4n) is 7.07. The van der Waals surface area contributed by atoms with Crippen LogP contribution in [0.4, 0.5) is 0 Å². The fraction of sp³-hybridized carbons (Fsp3) is 0.342. The van der Waals surface area contributed by atoms with Crippen LogP contribution in [0.15, 0.2) is 72.9 Å². The van der Waals surface area contributed by atoms with Gasteiger partial charge in [0.2, 0.25) is 0 Å². The Balaban J connectivity index is 1.18. The summed E-state index contributed by atoms with van der Waals surface area (Å²) < 4.78 is 13.6. The molecule has 0 N–H and O–H groups in total. The maximum atomic E-state index is 7.21. The first kappa shape index (κ1) is 31.1. The number of hydrogen-bond donors (Lipinski definition) is 0. The van der Waals surface area contributed by atoms with Gasteiger partial charge < -0.3 is 9.47 Å². The number of ether oxygens (including phenoxy) is 2. The SMILES string of the molecule is COc1cc(-c2cccc(-c3cccc4c3cnn4Cc3cc(OC)c(CN4CCCC4)cc3Cl)c2Cl)ccc1CN1CCCC1. The van der Waals surface area contributed by atoms with Gasteiger partial charge in [-0.3, -0.25) is 14.5 Å². The summed E-state index contributed by atoms with van der Waals surface area (Å²) in [5.74, 6) is 1.77. The van der Waals surface area contributed by atoms with E-state index in [1.807, 2.05) is 10.9 Å². The molecular weight excluding hydrogens is 615 g/mol. The van der Waals surface area contributed by atoms with E-state index in [1.165, 1.54) is 31.2 Å². The average Bonchev–Trinajstić information content (AvgIpc) is 3.86. The number of hydrogen-bond acceptors (Lipinski definition) is 5. The lowest BCUT2D eigenvalue weighted by atomic mass is 9.96. The van der Waals surface area contributed by atoms with Gasteiger partial charge in [0.15, 0.2) is 0 Å². The molecule has 46 heavy (non-hydrogen) atoms. The molecule has 0 atom stereocenters. The molecule has 0 bridgehead atoms. The zero-order valence-electron chi connectivity index (χ0n) is 26.6. The first-order valence-corrected chi connectivity index (χ1v) is 17.0. The molecule has 2 aliphatic rings. The molecule has 0 radical (unpaired) electrons. The molecule has 1 aromatic heterocycles. The monoisotopic (exact) mass is 654 g/mol. The maximum Gasteiger partial charge on any atom is 0.123 e. The maximum absolute atomic E-state index is 7.21. The lowest BCUT2D eigenvalue weighted by Gasteiger charge is -2.19. The second-order valence-corrected chi connectivity index (χ2v) is 13.2. The fourth-order valence-corrected chi connectivity index (χ4v) is 7.65. The van der Waals surface area contributed by atoms with Crippen LogP contribution < -0.4 is 9.47 Å². The van der Waals surface area contributed by atoms with E-state index in [1.54, 1.807) is 14.2 Å². The molecule has 4 aromatic carbocycles. The molecule has 3 heterocycles. The Morgan fingerprint density at radius 1 is 0.652 bits per heavy atom. The van der Waals surface area contributed by atoms with E-state index < -0.39 is 0 Å². The third kappa shape index (κ3) is 6.24. The summed E-state index contributed by atoms with van der Waals surface area (Å²) in [5.41, 5.74) is 8.34. The van der Waals surface area contributed by atoms with Crippen LogP contribution in [0, 0.1) is 0 Å². The second kappa shape index (κ2) is 13.7. The second-order valence-electron chi connectivity index (χ2n) is 12.5. The molecule has 2 aliphatic heterocycles. The zero-order chi connectivity index (χ0) is 31.6. The van der Waals surface area contributed by atoms with Gasteiger partial charge in [0.05, 0.1) is 37.5 Å². The number of methoxy groups -OCH3 is 2. The topological polar surface area (TPSA) is 42.8 Å². The van der Waals surface area contributed by atoms with E-state index in [0.717, 1.165) is 100 Å². The molecular formula is C38H40Cl2N4O2.